The normalized spacial score (nSPS) is 11.5. The van der Waals surface area contributed by atoms with Gasteiger partial charge in [-0.25, -0.2) is 13.1 Å². The molecule has 30 heavy (non-hydrogen) atoms. The van der Waals surface area contributed by atoms with Crippen LogP contribution >= 0.6 is 0 Å². The van der Waals surface area contributed by atoms with E-state index in [-0.39, 0.29) is 10.6 Å². The molecule has 0 saturated heterocycles. The molecule has 2 aromatic rings. The van der Waals surface area contributed by atoms with E-state index < -0.39 is 20.9 Å². The number of para-hydroxylation sites is 1. The van der Waals surface area contributed by atoms with Crippen LogP contribution in [-0.4, -0.2) is 25.8 Å². The summed E-state index contributed by atoms with van der Waals surface area (Å²) in [5.41, 5.74) is 0.622. The maximum absolute atomic E-state index is 12.3. The molecule has 9 heteroatoms. The third kappa shape index (κ3) is 7.09. The van der Waals surface area contributed by atoms with Gasteiger partial charge in [-0.2, -0.15) is 0 Å². The summed E-state index contributed by atoms with van der Waals surface area (Å²) in [6, 6.07) is 11.9. The number of amides is 1. The van der Waals surface area contributed by atoms with E-state index in [4.69, 9.17) is 0 Å². The average molecular weight is 432 g/mol. The Kier molecular flexibility index (Phi) is 8.70. The Bertz CT molecular complexity index is 1000. The van der Waals surface area contributed by atoms with Crippen LogP contribution in [0.2, 0.25) is 0 Å². The second kappa shape index (κ2) is 11.2. The molecule has 0 radical (unpaired) electrons. The highest BCUT2D eigenvalue weighted by Crippen LogP contribution is 2.19. The average Bonchev–Trinajstić information content (AvgIpc) is 2.72. The second-order valence-corrected chi connectivity index (χ2v) is 8.39. The maximum atomic E-state index is 12.3. The van der Waals surface area contributed by atoms with Crippen molar-refractivity contribution in [3.05, 3.63) is 70.3 Å². The molecule has 2 aromatic carbocycles. The van der Waals surface area contributed by atoms with Gasteiger partial charge in [0, 0.05) is 24.4 Å². The smallest absolute Gasteiger partial charge is 0.276 e. The van der Waals surface area contributed by atoms with Crippen molar-refractivity contribution >= 4 is 33.4 Å². The van der Waals surface area contributed by atoms with Gasteiger partial charge in [0.25, 0.3) is 5.69 Å². The zero-order valence-corrected chi connectivity index (χ0v) is 17.5. The minimum Gasteiger partial charge on any atom is -0.323 e. The van der Waals surface area contributed by atoms with E-state index in [1.807, 2.05) is 0 Å². The number of nitro benzene ring substituents is 1. The molecule has 160 valence electrons. The van der Waals surface area contributed by atoms with Gasteiger partial charge in [0.05, 0.1) is 15.4 Å². The van der Waals surface area contributed by atoms with Gasteiger partial charge >= 0.3 is 0 Å². The van der Waals surface area contributed by atoms with Crippen molar-refractivity contribution in [2.75, 3.05) is 11.9 Å². The van der Waals surface area contributed by atoms with Gasteiger partial charge in [0.2, 0.25) is 15.9 Å². The zero-order valence-electron chi connectivity index (χ0n) is 16.7. The second-order valence-electron chi connectivity index (χ2n) is 6.62. The molecule has 0 spiro atoms. The Morgan fingerprint density at radius 1 is 1.07 bits per heavy atom. The summed E-state index contributed by atoms with van der Waals surface area (Å²) in [7, 11) is -3.59. The summed E-state index contributed by atoms with van der Waals surface area (Å²) in [6.45, 7) is 2.48. The third-order valence-electron chi connectivity index (χ3n) is 4.30. The first-order chi connectivity index (χ1) is 14.3. The number of hydrogen-bond acceptors (Lipinski definition) is 5. The number of carbonyl (C=O) groups is 1. The van der Waals surface area contributed by atoms with Crippen LogP contribution in [0.3, 0.4) is 0 Å². The lowest BCUT2D eigenvalue weighted by atomic mass is 10.1. The van der Waals surface area contributed by atoms with Gasteiger partial charge in [-0.15, -0.1) is 0 Å². The molecular formula is C21H25N3O5S. The molecule has 1 amide bonds. The molecule has 0 fully saturated rings. The molecule has 0 bridgehead atoms. The van der Waals surface area contributed by atoms with E-state index in [0.717, 1.165) is 25.7 Å². The number of hydrogen-bond donors (Lipinski definition) is 2. The van der Waals surface area contributed by atoms with Gasteiger partial charge in [-0.3, -0.25) is 14.9 Å². The lowest BCUT2D eigenvalue weighted by Gasteiger charge is -2.08. The lowest BCUT2D eigenvalue weighted by molar-refractivity contribution is -0.385. The molecule has 0 aliphatic rings. The number of benzene rings is 2. The summed E-state index contributed by atoms with van der Waals surface area (Å²) in [5.74, 6) is -0.488. The van der Waals surface area contributed by atoms with Gasteiger partial charge in [-0.05, 0) is 42.8 Å². The quantitative estimate of drug-likeness (QED) is 0.240. The van der Waals surface area contributed by atoms with Crippen molar-refractivity contribution in [3.63, 3.8) is 0 Å². The van der Waals surface area contributed by atoms with E-state index in [9.17, 15) is 23.3 Å². The fourth-order valence-electron chi connectivity index (χ4n) is 2.70. The van der Waals surface area contributed by atoms with Gasteiger partial charge in [0.1, 0.15) is 0 Å². The lowest BCUT2D eigenvalue weighted by Crippen LogP contribution is -2.24. The Morgan fingerprint density at radius 2 is 1.77 bits per heavy atom. The zero-order chi connectivity index (χ0) is 22.0. The number of unbranched alkanes of at least 4 members (excludes halogenated alkanes) is 3. The standard InChI is InChI=1S/C21H25N3O5S/c1-2-3-4-7-16-22-30(28,29)19-13-11-18(12-14-19)23-21(25)15-10-17-8-5-6-9-20(17)24(26)27/h5-6,8-15,22H,2-4,7,16H2,1H3,(H,23,25)/b15-10+. The highest BCUT2D eigenvalue weighted by molar-refractivity contribution is 7.89. The first kappa shape index (κ1) is 23.2. The van der Waals surface area contributed by atoms with Crippen LogP contribution in [0.1, 0.15) is 38.2 Å². The molecule has 0 heterocycles. The van der Waals surface area contributed by atoms with Crippen LogP contribution in [0.4, 0.5) is 11.4 Å². The van der Waals surface area contributed by atoms with E-state index in [0.29, 0.717) is 17.8 Å². The van der Waals surface area contributed by atoms with Crippen LogP contribution in [-0.2, 0) is 14.8 Å². The van der Waals surface area contributed by atoms with Crippen LogP contribution in [0.25, 0.3) is 6.08 Å². The molecule has 0 saturated carbocycles. The first-order valence-electron chi connectivity index (χ1n) is 9.65. The largest absolute Gasteiger partial charge is 0.323 e. The van der Waals surface area contributed by atoms with E-state index in [1.54, 1.807) is 12.1 Å². The Hall–Kier alpha value is -3.04. The number of nitrogens with zero attached hydrogens (tertiary/aromatic N) is 1. The van der Waals surface area contributed by atoms with E-state index >= 15 is 0 Å². The van der Waals surface area contributed by atoms with Gasteiger partial charge < -0.3 is 5.32 Å². The predicted molar refractivity (Wildman–Crippen MR) is 117 cm³/mol. The number of nitrogens with one attached hydrogen (secondary N) is 2. The third-order valence-corrected chi connectivity index (χ3v) is 5.78. The maximum Gasteiger partial charge on any atom is 0.276 e. The van der Waals surface area contributed by atoms with Gasteiger partial charge in [-0.1, -0.05) is 38.3 Å². The molecule has 0 aromatic heterocycles. The molecule has 8 nitrogen and oxygen atoms in total. The molecule has 0 aliphatic heterocycles. The summed E-state index contributed by atoms with van der Waals surface area (Å²) in [6.07, 6.45) is 6.45. The fraction of sp³-hybridized carbons (Fsp3) is 0.286. The van der Waals surface area contributed by atoms with Crippen LogP contribution in [0, 0.1) is 10.1 Å². The molecule has 0 aliphatic carbocycles. The van der Waals surface area contributed by atoms with Crippen molar-refractivity contribution in [2.24, 2.45) is 0 Å². The van der Waals surface area contributed by atoms with Crippen molar-refractivity contribution in [1.29, 1.82) is 0 Å². The highest BCUT2D eigenvalue weighted by atomic mass is 32.2. The molecular weight excluding hydrogens is 406 g/mol. The Balaban J connectivity index is 1.95. The summed E-state index contributed by atoms with van der Waals surface area (Å²) < 4.78 is 27.1. The number of sulfonamides is 1. The summed E-state index contributed by atoms with van der Waals surface area (Å²) in [4.78, 5) is 22.7. The molecule has 0 unspecified atom stereocenters. The fourth-order valence-corrected chi connectivity index (χ4v) is 3.78. The monoisotopic (exact) mass is 431 g/mol. The first-order valence-corrected chi connectivity index (χ1v) is 11.1. The number of carbonyl (C=O) groups excluding carboxylic acids is 1. The summed E-state index contributed by atoms with van der Waals surface area (Å²) in [5, 5.41) is 13.6. The van der Waals surface area contributed by atoms with Crippen LogP contribution in [0.5, 0.6) is 0 Å². The predicted octanol–water partition coefficient (Wildman–Crippen LogP) is 4.11. The topological polar surface area (TPSA) is 118 Å². The van der Waals surface area contributed by atoms with Crippen LogP contribution < -0.4 is 10.0 Å². The molecule has 2 rings (SSSR count). The number of nitro groups is 1. The van der Waals surface area contributed by atoms with E-state index in [1.165, 1.54) is 48.6 Å². The highest BCUT2D eigenvalue weighted by Gasteiger charge is 2.13. The van der Waals surface area contributed by atoms with E-state index in [2.05, 4.69) is 17.0 Å². The number of rotatable bonds is 11. The minimum atomic E-state index is -3.59. The van der Waals surface area contributed by atoms with Crippen molar-refractivity contribution < 1.29 is 18.1 Å². The molecule has 2 N–H and O–H groups in total. The minimum absolute atomic E-state index is 0.0988. The van der Waals surface area contributed by atoms with Crippen LogP contribution in [0.15, 0.2) is 59.5 Å². The van der Waals surface area contributed by atoms with Gasteiger partial charge in [0.15, 0.2) is 0 Å². The summed E-state index contributed by atoms with van der Waals surface area (Å²) >= 11 is 0. The number of anilines is 1. The SMILES string of the molecule is CCCCCCNS(=O)(=O)c1ccc(NC(=O)/C=C/c2ccccc2[N+](=O)[O-])cc1. The molecule has 0 atom stereocenters. The van der Waals surface area contributed by atoms with Crippen molar-refractivity contribution in [3.8, 4) is 0 Å². The Morgan fingerprint density at radius 3 is 2.43 bits per heavy atom. The van der Waals surface area contributed by atoms with Crippen molar-refractivity contribution in [1.82, 2.24) is 4.72 Å². The van der Waals surface area contributed by atoms with Crippen molar-refractivity contribution in [2.45, 2.75) is 37.5 Å². The Labute approximate surface area is 176 Å².